The summed E-state index contributed by atoms with van der Waals surface area (Å²) in [5, 5.41) is 15.4. The van der Waals surface area contributed by atoms with Crippen molar-refractivity contribution < 1.29 is 14.7 Å². The lowest BCUT2D eigenvalue weighted by Crippen LogP contribution is -2.30. The monoisotopic (exact) mass is 252 g/mol. The Morgan fingerprint density at radius 1 is 1.50 bits per heavy atom. The van der Waals surface area contributed by atoms with Gasteiger partial charge in [0.25, 0.3) is 0 Å². The van der Waals surface area contributed by atoms with Crippen LogP contribution in [-0.4, -0.2) is 44.1 Å². The zero-order chi connectivity index (χ0) is 13.5. The first-order valence-corrected chi connectivity index (χ1v) is 5.67. The van der Waals surface area contributed by atoms with Crippen LogP contribution in [0, 0.1) is 17.3 Å². The van der Waals surface area contributed by atoms with Gasteiger partial charge in [-0.15, -0.1) is 0 Å². The average molecular weight is 252 g/mol. The summed E-state index contributed by atoms with van der Waals surface area (Å²) < 4.78 is 0. The second kappa shape index (κ2) is 4.08. The number of carboxylic acid groups (broad SMARTS) is 1. The van der Waals surface area contributed by atoms with E-state index in [9.17, 15) is 9.59 Å². The molecule has 1 aromatic rings. The first-order valence-electron chi connectivity index (χ1n) is 5.67. The molecular weight excluding hydrogens is 236 g/mol. The topological polar surface area (TPSA) is 99.2 Å². The SMILES string of the molecule is CN(Cc1ncn[nH]1)C(=O)[C@H]1[C@@H](C(=O)O)C1(C)C. The third kappa shape index (κ3) is 1.96. The zero-order valence-corrected chi connectivity index (χ0v) is 10.5. The maximum absolute atomic E-state index is 12.2. The Morgan fingerprint density at radius 2 is 2.17 bits per heavy atom. The molecule has 98 valence electrons. The maximum atomic E-state index is 12.2. The Morgan fingerprint density at radius 3 is 2.61 bits per heavy atom. The largest absolute Gasteiger partial charge is 0.481 e. The number of H-pyrrole nitrogens is 1. The Bertz CT molecular complexity index is 469. The lowest BCUT2D eigenvalue weighted by atomic mass is 10.1. The van der Waals surface area contributed by atoms with Crippen molar-refractivity contribution in [3.05, 3.63) is 12.2 Å². The fraction of sp³-hybridized carbons (Fsp3) is 0.636. The van der Waals surface area contributed by atoms with E-state index in [1.165, 1.54) is 11.2 Å². The molecule has 7 heteroatoms. The number of aliphatic carboxylic acids is 1. The number of carbonyl (C=O) groups is 2. The van der Waals surface area contributed by atoms with Gasteiger partial charge in [-0.2, -0.15) is 5.10 Å². The van der Waals surface area contributed by atoms with Crippen LogP contribution in [0.4, 0.5) is 0 Å². The Hall–Kier alpha value is -1.92. The van der Waals surface area contributed by atoms with Gasteiger partial charge in [-0.25, -0.2) is 4.98 Å². The summed E-state index contributed by atoms with van der Waals surface area (Å²) in [4.78, 5) is 28.6. The highest BCUT2D eigenvalue weighted by atomic mass is 16.4. The zero-order valence-electron chi connectivity index (χ0n) is 10.5. The minimum absolute atomic E-state index is 0.163. The van der Waals surface area contributed by atoms with Crippen LogP contribution in [0.3, 0.4) is 0 Å². The van der Waals surface area contributed by atoms with Crippen LogP contribution in [0.15, 0.2) is 6.33 Å². The summed E-state index contributed by atoms with van der Waals surface area (Å²) in [6.45, 7) is 3.91. The predicted octanol–water partition coefficient (Wildman–Crippen LogP) is 0.120. The van der Waals surface area contributed by atoms with Crippen LogP contribution in [-0.2, 0) is 16.1 Å². The third-order valence-corrected chi connectivity index (χ3v) is 3.59. The quantitative estimate of drug-likeness (QED) is 0.793. The second-order valence-electron chi connectivity index (χ2n) is 5.24. The van der Waals surface area contributed by atoms with Crippen molar-refractivity contribution in [3.63, 3.8) is 0 Å². The molecule has 0 aromatic carbocycles. The molecule has 0 spiro atoms. The molecule has 0 saturated heterocycles. The number of nitrogens with zero attached hydrogens (tertiary/aromatic N) is 3. The Kier molecular flexibility index (Phi) is 2.84. The van der Waals surface area contributed by atoms with Crippen molar-refractivity contribution in [2.45, 2.75) is 20.4 Å². The third-order valence-electron chi connectivity index (χ3n) is 3.59. The number of nitrogens with one attached hydrogen (secondary N) is 1. The van der Waals surface area contributed by atoms with Crippen molar-refractivity contribution in [1.82, 2.24) is 20.1 Å². The van der Waals surface area contributed by atoms with Gasteiger partial charge in [0, 0.05) is 7.05 Å². The molecule has 1 aliphatic rings. The van der Waals surface area contributed by atoms with Gasteiger partial charge in [-0.3, -0.25) is 14.7 Å². The molecule has 1 amide bonds. The lowest BCUT2D eigenvalue weighted by molar-refractivity contribution is -0.141. The molecule has 0 radical (unpaired) electrons. The summed E-state index contributed by atoms with van der Waals surface area (Å²) in [6, 6.07) is 0. The number of aromatic nitrogens is 3. The maximum Gasteiger partial charge on any atom is 0.307 e. The molecule has 1 fully saturated rings. The highest BCUT2D eigenvalue weighted by molar-refractivity contribution is 5.91. The number of carbonyl (C=O) groups excluding carboxylic acids is 1. The van der Waals surface area contributed by atoms with Crippen molar-refractivity contribution >= 4 is 11.9 Å². The lowest BCUT2D eigenvalue weighted by Gasteiger charge is -2.16. The van der Waals surface area contributed by atoms with Crippen LogP contribution in [0.25, 0.3) is 0 Å². The van der Waals surface area contributed by atoms with Crippen LogP contribution < -0.4 is 0 Å². The number of hydrogen-bond donors (Lipinski definition) is 2. The fourth-order valence-corrected chi connectivity index (χ4v) is 2.41. The van der Waals surface area contributed by atoms with E-state index in [1.54, 1.807) is 20.9 Å². The predicted molar refractivity (Wildman–Crippen MR) is 61.3 cm³/mol. The summed E-state index contributed by atoms with van der Waals surface area (Å²) in [5.74, 6) is -1.54. The molecule has 2 rings (SSSR count). The second-order valence-corrected chi connectivity index (χ2v) is 5.24. The molecule has 2 atom stereocenters. The average Bonchev–Trinajstić information content (AvgIpc) is 2.63. The van der Waals surface area contributed by atoms with Crippen LogP contribution in [0.2, 0.25) is 0 Å². The molecule has 0 unspecified atom stereocenters. The van der Waals surface area contributed by atoms with Crippen LogP contribution in [0.1, 0.15) is 19.7 Å². The molecule has 2 N–H and O–H groups in total. The van der Waals surface area contributed by atoms with E-state index >= 15 is 0 Å². The van der Waals surface area contributed by atoms with Crippen molar-refractivity contribution in [2.24, 2.45) is 17.3 Å². The molecule has 1 saturated carbocycles. The standard InChI is InChI=1S/C11H16N4O3/c1-11(2)7(8(11)10(17)18)9(16)15(3)4-6-12-5-13-14-6/h5,7-8H,4H2,1-3H3,(H,17,18)(H,12,13,14)/t7-,8+/m1/s1. The van der Waals surface area contributed by atoms with Crippen molar-refractivity contribution in [1.29, 1.82) is 0 Å². The molecule has 0 bridgehead atoms. The molecule has 1 aliphatic carbocycles. The van der Waals surface area contributed by atoms with Crippen LogP contribution in [0.5, 0.6) is 0 Å². The number of carboxylic acids is 1. The Labute approximate surface area is 104 Å². The normalized spacial score (nSPS) is 24.6. The molecule has 1 aromatic heterocycles. The van der Waals surface area contributed by atoms with Gasteiger partial charge in [-0.05, 0) is 5.41 Å². The molecule has 0 aliphatic heterocycles. The van der Waals surface area contributed by atoms with Gasteiger partial charge in [-0.1, -0.05) is 13.8 Å². The number of amides is 1. The van der Waals surface area contributed by atoms with E-state index < -0.39 is 23.2 Å². The first-order chi connectivity index (χ1) is 8.35. The van der Waals surface area contributed by atoms with E-state index in [0.717, 1.165) is 0 Å². The highest BCUT2D eigenvalue weighted by Gasteiger charge is 2.66. The summed E-state index contributed by atoms with van der Waals surface area (Å²) >= 11 is 0. The van der Waals surface area contributed by atoms with Gasteiger partial charge in [0.15, 0.2) is 0 Å². The van der Waals surface area contributed by atoms with Gasteiger partial charge in [0.1, 0.15) is 12.2 Å². The van der Waals surface area contributed by atoms with E-state index in [0.29, 0.717) is 12.4 Å². The van der Waals surface area contributed by atoms with E-state index in [2.05, 4.69) is 15.2 Å². The highest BCUT2D eigenvalue weighted by Crippen LogP contribution is 2.58. The number of rotatable bonds is 4. The molecule has 7 nitrogen and oxygen atoms in total. The van der Waals surface area contributed by atoms with Crippen molar-refractivity contribution in [2.75, 3.05) is 7.05 Å². The minimum Gasteiger partial charge on any atom is -0.481 e. The minimum atomic E-state index is -0.911. The van der Waals surface area contributed by atoms with E-state index in [-0.39, 0.29) is 5.91 Å². The fourth-order valence-electron chi connectivity index (χ4n) is 2.41. The van der Waals surface area contributed by atoms with Gasteiger partial charge >= 0.3 is 5.97 Å². The number of aromatic amines is 1. The molecule has 18 heavy (non-hydrogen) atoms. The van der Waals surface area contributed by atoms with E-state index in [4.69, 9.17) is 5.11 Å². The van der Waals surface area contributed by atoms with Crippen LogP contribution >= 0.6 is 0 Å². The van der Waals surface area contributed by atoms with Gasteiger partial charge < -0.3 is 10.0 Å². The number of hydrogen-bond acceptors (Lipinski definition) is 4. The molecular formula is C11H16N4O3. The summed E-state index contributed by atoms with van der Waals surface area (Å²) in [7, 11) is 1.64. The van der Waals surface area contributed by atoms with Gasteiger partial charge in [0.05, 0.1) is 18.4 Å². The summed E-state index contributed by atoms with van der Waals surface area (Å²) in [6.07, 6.45) is 1.37. The molecule has 1 heterocycles. The van der Waals surface area contributed by atoms with Crippen molar-refractivity contribution in [3.8, 4) is 0 Å². The Balaban J connectivity index is 2.02. The van der Waals surface area contributed by atoms with Gasteiger partial charge in [0.2, 0.25) is 5.91 Å². The summed E-state index contributed by atoms with van der Waals surface area (Å²) in [5.41, 5.74) is -0.474. The van der Waals surface area contributed by atoms with E-state index in [1.807, 2.05) is 0 Å². The first kappa shape index (κ1) is 12.5. The smallest absolute Gasteiger partial charge is 0.307 e.